The van der Waals surface area contributed by atoms with Gasteiger partial charge in [0, 0.05) is 11.4 Å². The number of benzene rings is 2. The van der Waals surface area contributed by atoms with Crippen LogP contribution in [0.1, 0.15) is 24.1 Å². The third-order valence-electron chi connectivity index (χ3n) is 4.99. The summed E-state index contributed by atoms with van der Waals surface area (Å²) in [6.07, 6.45) is 0. The molecule has 3 aromatic rings. The molecule has 30 heavy (non-hydrogen) atoms. The van der Waals surface area contributed by atoms with Crippen LogP contribution in [0.25, 0.3) is 0 Å². The molecule has 154 valence electrons. The van der Waals surface area contributed by atoms with E-state index in [0.29, 0.717) is 34.4 Å². The van der Waals surface area contributed by atoms with Crippen LogP contribution < -0.4 is 20.1 Å². The zero-order valence-corrected chi connectivity index (χ0v) is 17.1. The molecule has 0 saturated carbocycles. The van der Waals surface area contributed by atoms with E-state index < -0.39 is 6.04 Å². The number of carbonyl (C=O) groups is 1. The summed E-state index contributed by atoms with van der Waals surface area (Å²) in [5.41, 5.74) is 3.78. The van der Waals surface area contributed by atoms with Crippen molar-refractivity contribution in [3.05, 3.63) is 64.9 Å². The minimum Gasteiger partial charge on any atom is -0.493 e. The molecule has 1 atom stereocenters. The first-order chi connectivity index (χ1) is 14.5. The molecule has 1 aliphatic heterocycles. The molecule has 0 bridgehead atoms. The molecule has 9 heteroatoms. The first-order valence-electron chi connectivity index (χ1n) is 9.37. The van der Waals surface area contributed by atoms with Gasteiger partial charge in [-0.05, 0) is 54.1 Å². The maximum Gasteiger partial charge on any atom is 0.255 e. The zero-order valence-electron chi connectivity index (χ0n) is 17.1. The number of ether oxygens (including phenoxy) is 2. The molecule has 1 aliphatic rings. The first-order valence-corrected chi connectivity index (χ1v) is 9.37. The van der Waals surface area contributed by atoms with Crippen molar-refractivity contribution >= 4 is 17.5 Å². The smallest absolute Gasteiger partial charge is 0.255 e. The Hall–Kier alpha value is -3.88. The van der Waals surface area contributed by atoms with Crippen LogP contribution in [0.15, 0.2) is 53.7 Å². The molecule has 0 radical (unpaired) electrons. The zero-order chi connectivity index (χ0) is 21.3. The van der Waals surface area contributed by atoms with E-state index in [4.69, 9.17) is 9.47 Å². The Morgan fingerprint density at radius 2 is 1.80 bits per heavy atom. The van der Waals surface area contributed by atoms with Crippen LogP contribution >= 0.6 is 0 Å². The molecule has 2 aromatic carbocycles. The van der Waals surface area contributed by atoms with Gasteiger partial charge in [0.2, 0.25) is 5.95 Å². The highest BCUT2D eigenvalue weighted by molar-refractivity contribution is 6.06. The summed E-state index contributed by atoms with van der Waals surface area (Å²) >= 11 is 0. The van der Waals surface area contributed by atoms with Gasteiger partial charge in [0.05, 0.1) is 19.8 Å². The molecule has 1 aromatic heterocycles. The van der Waals surface area contributed by atoms with E-state index in [1.54, 1.807) is 25.0 Å². The Labute approximate surface area is 173 Å². The largest absolute Gasteiger partial charge is 0.493 e. The lowest BCUT2D eigenvalue weighted by atomic mass is 9.94. The van der Waals surface area contributed by atoms with Crippen molar-refractivity contribution in [1.82, 2.24) is 20.2 Å². The van der Waals surface area contributed by atoms with Crippen molar-refractivity contribution in [2.45, 2.75) is 19.9 Å². The molecular formula is C21H22N6O3. The number of nitrogens with zero attached hydrogens (tertiary/aromatic N) is 4. The standard InChI is InChI=1S/C21H22N6O3/c1-12-5-8-15(9-6-12)23-20(28)18-13(2)22-21-24-25-26-27(21)19(18)14-7-10-16(29-3)17(11-14)30-4/h5-11,19H,1-4H3,(H,23,28)(H,22,24,26)/t19-/m1/s1. The highest BCUT2D eigenvalue weighted by Gasteiger charge is 2.34. The first kappa shape index (κ1) is 19.4. The number of amides is 1. The van der Waals surface area contributed by atoms with Crippen molar-refractivity contribution < 1.29 is 14.3 Å². The summed E-state index contributed by atoms with van der Waals surface area (Å²) in [5, 5.41) is 18.0. The van der Waals surface area contributed by atoms with E-state index in [2.05, 4.69) is 26.2 Å². The number of rotatable bonds is 5. The van der Waals surface area contributed by atoms with Gasteiger partial charge in [0.15, 0.2) is 11.5 Å². The Morgan fingerprint density at radius 1 is 1.07 bits per heavy atom. The summed E-state index contributed by atoms with van der Waals surface area (Å²) in [6, 6.07) is 12.6. The number of aryl methyl sites for hydroxylation is 1. The van der Waals surface area contributed by atoms with Gasteiger partial charge >= 0.3 is 0 Å². The maximum atomic E-state index is 13.3. The third kappa shape index (κ3) is 3.45. The van der Waals surface area contributed by atoms with Gasteiger partial charge in [-0.3, -0.25) is 4.79 Å². The minimum atomic E-state index is -0.540. The number of methoxy groups -OCH3 is 2. The lowest BCUT2D eigenvalue weighted by Crippen LogP contribution is -2.31. The second-order valence-corrected chi connectivity index (χ2v) is 6.95. The molecule has 0 aliphatic carbocycles. The van der Waals surface area contributed by atoms with Gasteiger partial charge in [0.1, 0.15) is 6.04 Å². The summed E-state index contributed by atoms with van der Waals surface area (Å²) in [5.74, 6) is 1.36. The molecule has 0 saturated heterocycles. The molecule has 0 unspecified atom stereocenters. The van der Waals surface area contributed by atoms with Crippen molar-refractivity contribution in [1.29, 1.82) is 0 Å². The van der Waals surface area contributed by atoms with Gasteiger partial charge in [-0.25, -0.2) is 0 Å². The molecular weight excluding hydrogens is 384 g/mol. The SMILES string of the molecule is COc1ccc([C@@H]2C(C(=O)Nc3ccc(C)cc3)=C(C)Nc3nnnn32)cc1OC. The second-order valence-electron chi connectivity index (χ2n) is 6.95. The monoisotopic (exact) mass is 406 g/mol. The summed E-state index contributed by atoms with van der Waals surface area (Å²) < 4.78 is 12.4. The quantitative estimate of drug-likeness (QED) is 0.671. The number of fused-ring (bicyclic) bond motifs is 1. The predicted octanol–water partition coefficient (Wildman–Crippen LogP) is 2.93. The fourth-order valence-electron chi connectivity index (χ4n) is 3.47. The summed E-state index contributed by atoms with van der Waals surface area (Å²) in [4.78, 5) is 13.3. The van der Waals surface area contributed by atoms with E-state index in [9.17, 15) is 4.79 Å². The Kier molecular flexibility index (Phi) is 5.09. The topological polar surface area (TPSA) is 103 Å². The van der Waals surface area contributed by atoms with Crippen molar-refractivity contribution in [2.24, 2.45) is 0 Å². The highest BCUT2D eigenvalue weighted by Crippen LogP contribution is 2.38. The van der Waals surface area contributed by atoms with Crippen LogP contribution in [0.2, 0.25) is 0 Å². The fraction of sp³-hybridized carbons (Fsp3) is 0.238. The molecule has 1 amide bonds. The summed E-state index contributed by atoms with van der Waals surface area (Å²) in [7, 11) is 3.14. The number of hydrogen-bond acceptors (Lipinski definition) is 7. The van der Waals surface area contributed by atoms with Crippen LogP contribution in [0.4, 0.5) is 11.6 Å². The second kappa shape index (κ2) is 7.86. The fourth-order valence-corrected chi connectivity index (χ4v) is 3.47. The average Bonchev–Trinajstić information content (AvgIpc) is 3.21. The Balaban J connectivity index is 1.77. The molecule has 0 fully saturated rings. The maximum absolute atomic E-state index is 13.3. The van der Waals surface area contributed by atoms with Crippen molar-refractivity contribution in [2.75, 3.05) is 24.9 Å². The average molecular weight is 406 g/mol. The van der Waals surface area contributed by atoms with Crippen LogP contribution in [0, 0.1) is 6.92 Å². The Bertz CT molecular complexity index is 1120. The van der Waals surface area contributed by atoms with Gasteiger partial charge in [0.25, 0.3) is 5.91 Å². The van der Waals surface area contributed by atoms with Crippen LogP contribution in [-0.2, 0) is 4.79 Å². The van der Waals surface area contributed by atoms with Gasteiger partial charge in [-0.1, -0.05) is 28.9 Å². The van der Waals surface area contributed by atoms with Crippen LogP contribution in [0.5, 0.6) is 11.5 Å². The van der Waals surface area contributed by atoms with E-state index in [1.807, 2.05) is 50.2 Å². The molecule has 0 spiro atoms. The van der Waals surface area contributed by atoms with E-state index in [-0.39, 0.29) is 5.91 Å². The lowest BCUT2D eigenvalue weighted by molar-refractivity contribution is -0.113. The summed E-state index contributed by atoms with van der Waals surface area (Å²) in [6.45, 7) is 3.83. The van der Waals surface area contributed by atoms with Gasteiger partial charge in [-0.2, -0.15) is 4.68 Å². The number of aromatic nitrogens is 4. The van der Waals surface area contributed by atoms with E-state index in [0.717, 1.165) is 11.1 Å². The third-order valence-corrected chi connectivity index (χ3v) is 4.99. The van der Waals surface area contributed by atoms with Crippen molar-refractivity contribution in [3.8, 4) is 11.5 Å². The number of tetrazole rings is 1. The molecule has 4 rings (SSSR count). The number of nitrogens with one attached hydrogen (secondary N) is 2. The van der Waals surface area contributed by atoms with E-state index in [1.165, 1.54) is 0 Å². The van der Waals surface area contributed by atoms with E-state index >= 15 is 0 Å². The van der Waals surface area contributed by atoms with Crippen molar-refractivity contribution in [3.63, 3.8) is 0 Å². The van der Waals surface area contributed by atoms with Gasteiger partial charge in [-0.15, -0.1) is 0 Å². The molecule has 2 heterocycles. The minimum absolute atomic E-state index is 0.246. The molecule has 2 N–H and O–H groups in total. The highest BCUT2D eigenvalue weighted by atomic mass is 16.5. The normalized spacial score (nSPS) is 15.3. The number of allylic oxidation sites excluding steroid dienone is 1. The molecule has 9 nitrogen and oxygen atoms in total. The lowest BCUT2D eigenvalue weighted by Gasteiger charge is -2.28. The van der Waals surface area contributed by atoms with Crippen LogP contribution in [0.3, 0.4) is 0 Å². The number of anilines is 2. The predicted molar refractivity (Wildman–Crippen MR) is 112 cm³/mol. The Morgan fingerprint density at radius 3 is 2.50 bits per heavy atom. The number of hydrogen-bond donors (Lipinski definition) is 2. The van der Waals surface area contributed by atoms with Crippen LogP contribution in [-0.4, -0.2) is 40.3 Å². The van der Waals surface area contributed by atoms with Gasteiger partial charge < -0.3 is 20.1 Å². The number of carbonyl (C=O) groups excluding carboxylic acids is 1.